The molecule has 1 aromatic carbocycles. The fourth-order valence-electron chi connectivity index (χ4n) is 3.08. The molecular weight excluding hydrogens is 397 g/mol. The molecule has 0 radical (unpaired) electrons. The van der Waals surface area contributed by atoms with Gasteiger partial charge in [-0.15, -0.1) is 0 Å². The second kappa shape index (κ2) is 9.75. The fraction of sp³-hybridized carbons (Fsp3) is 0.421. The molecule has 10 heteroatoms. The van der Waals surface area contributed by atoms with Gasteiger partial charge in [0.25, 0.3) is 0 Å². The van der Waals surface area contributed by atoms with Crippen LogP contribution in [0.3, 0.4) is 0 Å². The van der Waals surface area contributed by atoms with Crippen LogP contribution in [0.25, 0.3) is 0 Å². The molecule has 1 aliphatic heterocycles. The molecule has 3 rings (SSSR count). The SMILES string of the molecule is O=C(Cc1ccc(F)cc1)NCCCS(=O)(=O)N1CCN(c2ncccn2)CC1. The lowest BCUT2D eigenvalue weighted by Gasteiger charge is -2.33. The van der Waals surface area contributed by atoms with Gasteiger partial charge in [0.05, 0.1) is 12.2 Å². The number of hydrogen-bond acceptors (Lipinski definition) is 6. The van der Waals surface area contributed by atoms with E-state index in [1.54, 1.807) is 30.6 Å². The molecule has 1 aliphatic rings. The highest BCUT2D eigenvalue weighted by molar-refractivity contribution is 7.89. The van der Waals surface area contributed by atoms with Crippen molar-refractivity contribution in [3.63, 3.8) is 0 Å². The highest BCUT2D eigenvalue weighted by Crippen LogP contribution is 2.13. The molecule has 8 nitrogen and oxygen atoms in total. The highest BCUT2D eigenvalue weighted by atomic mass is 32.2. The van der Waals surface area contributed by atoms with Crippen LogP contribution in [-0.4, -0.2) is 67.1 Å². The quantitative estimate of drug-likeness (QED) is 0.634. The lowest BCUT2D eigenvalue weighted by Crippen LogP contribution is -2.49. The average molecular weight is 421 g/mol. The molecule has 0 aliphatic carbocycles. The van der Waals surface area contributed by atoms with Gasteiger partial charge in [0, 0.05) is 45.1 Å². The van der Waals surface area contributed by atoms with E-state index in [1.165, 1.54) is 16.4 Å². The third-order valence-electron chi connectivity index (χ3n) is 4.65. The number of carbonyl (C=O) groups is 1. The van der Waals surface area contributed by atoms with Crippen molar-refractivity contribution in [2.45, 2.75) is 12.8 Å². The van der Waals surface area contributed by atoms with Crippen LogP contribution >= 0.6 is 0 Å². The maximum absolute atomic E-state index is 12.9. The number of carbonyl (C=O) groups excluding carboxylic acids is 1. The van der Waals surface area contributed by atoms with E-state index in [0.717, 1.165) is 0 Å². The van der Waals surface area contributed by atoms with Crippen molar-refractivity contribution in [1.29, 1.82) is 0 Å². The zero-order valence-corrected chi connectivity index (χ0v) is 16.8. The molecule has 1 N–H and O–H groups in total. The fourth-order valence-corrected chi connectivity index (χ4v) is 4.57. The van der Waals surface area contributed by atoms with Crippen LogP contribution in [0, 0.1) is 5.82 Å². The average Bonchev–Trinajstić information content (AvgIpc) is 2.74. The van der Waals surface area contributed by atoms with Gasteiger partial charge < -0.3 is 10.2 Å². The lowest BCUT2D eigenvalue weighted by molar-refractivity contribution is -0.120. The van der Waals surface area contributed by atoms with E-state index in [9.17, 15) is 17.6 Å². The number of nitrogens with zero attached hydrogens (tertiary/aromatic N) is 4. The molecule has 1 fully saturated rings. The Morgan fingerprint density at radius 3 is 2.38 bits per heavy atom. The van der Waals surface area contributed by atoms with E-state index in [2.05, 4.69) is 15.3 Å². The van der Waals surface area contributed by atoms with Crippen LogP contribution in [-0.2, 0) is 21.2 Å². The molecule has 0 unspecified atom stereocenters. The first-order chi connectivity index (χ1) is 13.9. The van der Waals surface area contributed by atoms with Gasteiger partial charge in [0.1, 0.15) is 5.82 Å². The van der Waals surface area contributed by atoms with E-state index in [0.29, 0.717) is 44.1 Å². The summed E-state index contributed by atoms with van der Waals surface area (Å²) in [4.78, 5) is 22.3. The molecule has 2 aromatic rings. The number of hydrogen-bond donors (Lipinski definition) is 1. The zero-order valence-electron chi connectivity index (χ0n) is 16.0. The summed E-state index contributed by atoms with van der Waals surface area (Å²) < 4.78 is 39.4. The minimum atomic E-state index is -3.38. The topological polar surface area (TPSA) is 95.5 Å². The van der Waals surface area contributed by atoms with Crippen molar-refractivity contribution >= 4 is 21.9 Å². The lowest BCUT2D eigenvalue weighted by atomic mass is 10.1. The minimum absolute atomic E-state index is 0.0222. The van der Waals surface area contributed by atoms with Crippen LogP contribution < -0.4 is 10.2 Å². The number of anilines is 1. The Labute approximate surface area is 169 Å². The second-order valence-electron chi connectivity index (χ2n) is 6.76. The van der Waals surface area contributed by atoms with Crippen molar-refractivity contribution in [3.8, 4) is 0 Å². The normalized spacial score (nSPS) is 15.3. The summed E-state index contributed by atoms with van der Waals surface area (Å²) in [5.74, 6) is 0.0152. The zero-order chi connectivity index (χ0) is 20.7. The van der Waals surface area contributed by atoms with E-state index in [4.69, 9.17) is 0 Å². The van der Waals surface area contributed by atoms with Crippen molar-refractivity contribution in [2.24, 2.45) is 0 Å². The summed E-state index contributed by atoms with van der Waals surface area (Å²) in [6.45, 7) is 2.13. The van der Waals surface area contributed by atoms with Crippen molar-refractivity contribution in [3.05, 3.63) is 54.1 Å². The minimum Gasteiger partial charge on any atom is -0.356 e. The summed E-state index contributed by atoms with van der Waals surface area (Å²) in [5, 5.41) is 2.71. The molecule has 1 amide bonds. The Hall–Kier alpha value is -2.59. The van der Waals surface area contributed by atoms with Gasteiger partial charge in [0.2, 0.25) is 21.9 Å². The van der Waals surface area contributed by atoms with Crippen LogP contribution in [0.1, 0.15) is 12.0 Å². The summed E-state index contributed by atoms with van der Waals surface area (Å²) in [6.07, 6.45) is 3.79. The summed E-state index contributed by atoms with van der Waals surface area (Å²) in [7, 11) is -3.38. The molecule has 1 saturated heterocycles. The van der Waals surface area contributed by atoms with Crippen LogP contribution in [0.4, 0.5) is 10.3 Å². The first kappa shape index (κ1) is 21.1. The Morgan fingerprint density at radius 2 is 1.72 bits per heavy atom. The Balaban J connectivity index is 1.38. The predicted molar refractivity (Wildman–Crippen MR) is 107 cm³/mol. The monoisotopic (exact) mass is 421 g/mol. The third-order valence-corrected chi connectivity index (χ3v) is 6.60. The van der Waals surface area contributed by atoms with Crippen LogP contribution in [0.2, 0.25) is 0 Å². The molecular formula is C19H24FN5O3S. The first-order valence-corrected chi connectivity index (χ1v) is 11.1. The summed E-state index contributed by atoms with van der Waals surface area (Å²) in [6, 6.07) is 7.46. The van der Waals surface area contributed by atoms with E-state index in [1.807, 2.05) is 4.90 Å². The van der Waals surface area contributed by atoms with Gasteiger partial charge in [-0.25, -0.2) is 22.8 Å². The van der Waals surface area contributed by atoms with Gasteiger partial charge in [0.15, 0.2) is 0 Å². The highest BCUT2D eigenvalue weighted by Gasteiger charge is 2.27. The molecule has 2 heterocycles. The Kier molecular flexibility index (Phi) is 7.10. The van der Waals surface area contributed by atoms with E-state index >= 15 is 0 Å². The van der Waals surface area contributed by atoms with Gasteiger partial charge in [-0.1, -0.05) is 12.1 Å². The maximum atomic E-state index is 12.9. The van der Waals surface area contributed by atoms with E-state index < -0.39 is 10.0 Å². The van der Waals surface area contributed by atoms with Crippen molar-refractivity contribution in [1.82, 2.24) is 19.6 Å². The molecule has 156 valence electrons. The van der Waals surface area contributed by atoms with Crippen LogP contribution in [0.15, 0.2) is 42.7 Å². The number of nitrogens with one attached hydrogen (secondary N) is 1. The van der Waals surface area contributed by atoms with Gasteiger partial charge in [-0.3, -0.25) is 4.79 Å². The number of sulfonamides is 1. The Morgan fingerprint density at radius 1 is 1.07 bits per heavy atom. The number of aromatic nitrogens is 2. The predicted octanol–water partition coefficient (Wildman–Crippen LogP) is 0.817. The first-order valence-electron chi connectivity index (χ1n) is 9.45. The van der Waals surface area contributed by atoms with E-state index in [-0.39, 0.29) is 30.4 Å². The van der Waals surface area contributed by atoms with Gasteiger partial charge >= 0.3 is 0 Å². The summed E-state index contributed by atoms with van der Waals surface area (Å²) >= 11 is 0. The molecule has 0 saturated carbocycles. The van der Waals surface area contributed by atoms with Crippen LogP contribution in [0.5, 0.6) is 0 Å². The van der Waals surface area contributed by atoms with Gasteiger partial charge in [-0.2, -0.15) is 4.31 Å². The maximum Gasteiger partial charge on any atom is 0.225 e. The molecule has 29 heavy (non-hydrogen) atoms. The largest absolute Gasteiger partial charge is 0.356 e. The molecule has 0 spiro atoms. The number of piperazine rings is 1. The number of amides is 1. The Bertz CT molecular complexity index is 901. The summed E-state index contributed by atoms with van der Waals surface area (Å²) in [5.41, 5.74) is 0.705. The van der Waals surface area contributed by atoms with Crippen molar-refractivity contribution < 1.29 is 17.6 Å². The number of halogens is 1. The molecule has 0 bridgehead atoms. The number of benzene rings is 1. The third kappa shape index (κ3) is 6.20. The molecule has 1 aromatic heterocycles. The standard InChI is InChI=1S/C19H24FN5O3S/c20-17-5-3-16(4-6-17)15-18(26)21-9-2-14-29(27,28)25-12-10-24(11-13-25)19-22-7-1-8-23-19/h1,3-8H,2,9-15H2,(H,21,26). The van der Waals surface area contributed by atoms with Crippen molar-refractivity contribution in [2.75, 3.05) is 43.4 Å². The smallest absolute Gasteiger partial charge is 0.225 e. The number of rotatable bonds is 8. The van der Waals surface area contributed by atoms with Gasteiger partial charge in [-0.05, 0) is 30.2 Å². The molecule has 0 atom stereocenters. The second-order valence-corrected chi connectivity index (χ2v) is 8.85.